The van der Waals surface area contributed by atoms with Gasteiger partial charge in [0.25, 0.3) is 5.69 Å². The van der Waals surface area contributed by atoms with Gasteiger partial charge in [-0.25, -0.2) is 0 Å². The van der Waals surface area contributed by atoms with Gasteiger partial charge in [-0.2, -0.15) is 0 Å². The van der Waals surface area contributed by atoms with Crippen molar-refractivity contribution in [2.75, 3.05) is 23.7 Å². The zero-order valence-corrected chi connectivity index (χ0v) is 15.9. The first kappa shape index (κ1) is 19.1. The van der Waals surface area contributed by atoms with Crippen LogP contribution in [0.2, 0.25) is 0 Å². The number of Topliss-reactive ketones (excluding diaryl/α,β-unsaturated/α-hetero) is 1. The van der Waals surface area contributed by atoms with Crippen molar-refractivity contribution in [2.45, 2.75) is 19.8 Å². The maximum atomic E-state index is 12.8. The average molecular weight is 383 g/mol. The van der Waals surface area contributed by atoms with Crippen molar-refractivity contribution in [3.05, 3.63) is 69.8 Å². The maximum absolute atomic E-state index is 12.8. The Balaban J connectivity index is 1.90. The molecule has 0 fully saturated rings. The van der Waals surface area contributed by atoms with Gasteiger partial charge in [-0.05, 0) is 24.5 Å². The Morgan fingerprint density at radius 1 is 1.26 bits per heavy atom. The molecule has 0 radical (unpaired) electrons. The molecule has 1 aliphatic heterocycles. The standard InChI is InChI=1S/C20H21N3O3S/c1-2-15-7-9-16(10-8-15)19(24)14-22(20-21-11-4-12-27-20)17-5-3-6-18(13-17)23(25)26/h3,5-10,13H,2,4,11-12,14H2,1H3. The van der Waals surface area contributed by atoms with Crippen LogP contribution in [0.25, 0.3) is 0 Å². The Bertz CT molecular complexity index is 865. The molecule has 6 nitrogen and oxygen atoms in total. The summed E-state index contributed by atoms with van der Waals surface area (Å²) in [6, 6.07) is 13.9. The number of nitrogens with zero attached hydrogens (tertiary/aromatic N) is 3. The number of aliphatic imine (C=N–C) groups is 1. The number of carbonyl (C=O) groups excluding carboxylic acids is 1. The SMILES string of the molecule is CCc1ccc(C(=O)CN(C2=NCCCS2)c2cccc([N+](=O)[O-])c2)cc1. The third-order valence-electron chi connectivity index (χ3n) is 4.35. The summed E-state index contributed by atoms with van der Waals surface area (Å²) in [7, 11) is 0. The molecule has 2 aromatic rings. The van der Waals surface area contributed by atoms with Crippen LogP contribution in [0.4, 0.5) is 11.4 Å². The normalized spacial score (nSPS) is 13.7. The van der Waals surface area contributed by atoms with Crippen LogP contribution >= 0.6 is 11.8 Å². The fourth-order valence-corrected chi connectivity index (χ4v) is 3.78. The number of rotatable bonds is 6. The van der Waals surface area contributed by atoms with Crippen molar-refractivity contribution in [3.63, 3.8) is 0 Å². The van der Waals surface area contributed by atoms with E-state index in [1.165, 1.54) is 17.7 Å². The number of ketones is 1. The highest BCUT2D eigenvalue weighted by Gasteiger charge is 2.22. The van der Waals surface area contributed by atoms with Crippen molar-refractivity contribution < 1.29 is 9.72 Å². The van der Waals surface area contributed by atoms with E-state index < -0.39 is 4.92 Å². The second kappa shape index (κ2) is 8.81. The highest BCUT2D eigenvalue weighted by Crippen LogP contribution is 2.26. The lowest BCUT2D eigenvalue weighted by Crippen LogP contribution is -2.35. The molecule has 0 saturated heterocycles. The maximum Gasteiger partial charge on any atom is 0.271 e. The van der Waals surface area contributed by atoms with Gasteiger partial charge < -0.3 is 4.90 Å². The number of non-ortho nitro benzene ring substituents is 1. The molecule has 2 aromatic carbocycles. The number of carbonyl (C=O) groups is 1. The van der Waals surface area contributed by atoms with Crippen molar-refractivity contribution in [2.24, 2.45) is 4.99 Å². The molecular weight excluding hydrogens is 362 g/mol. The topological polar surface area (TPSA) is 75.8 Å². The molecule has 27 heavy (non-hydrogen) atoms. The zero-order valence-electron chi connectivity index (χ0n) is 15.1. The van der Waals surface area contributed by atoms with Crippen molar-refractivity contribution in [1.29, 1.82) is 0 Å². The molecule has 0 saturated carbocycles. The minimum Gasteiger partial charge on any atom is -0.313 e. The van der Waals surface area contributed by atoms with E-state index in [0.717, 1.165) is 23.8 Å². The van der Waals surface area contributed by atoms with E-state index in [-0.39, 0.29) is 18.0 Å². The molecule has 0 bridgehead atoms. The van der Waals surface area contributed by atoms with E-state index in [4.69, 9.17) is 0 Å². The van der Waals surface area contributed by atoms with Crippen LogP contribution in [-0.2, 0) is 6.42 Å². The minimum atomic E-state index is -0.428. The molecule has 0 amide bonds. The van der Waals surface area contributed by atoms with Crippen LogP contribution in [-0.4, -0.2) is 34.7 Å². The van der Waals surface area contributed by atoms with Gasteiger partial charge in [0, 0.05) is 30.0 Å². The predicted molar refractivity (Wildman–Crippen MR) is 110 cm³/mol. The number of nitro groups is 1. The summed E-state index contributed by atoms with van der Waals surface area (Å²) in [5.74, 6) is 0.877. The van der Waals surface area contributed by atoms with E-state index >= 15 is 0 Å². The molecular formula is C20H21N3O3S. The zero-order chi connectivity index (χ0) is 19.2. The number of hydrogen-bond donors (Lipinski definition) is 0. The predicted octanol–water partition coefficient (Wildman–Crippen LogP) is 4.34. The number of nitro benzene ring substituents is 1. The molecule has 3 rings (SSSR count). The van der Waals surface area contributed by atoms with Crippen LogP contribution in [0.5, 0.6) is 0 Å². The lowest BCUT2D eigenvalue weighted by molar-refractivity contribution is -0.384. The van der Waals surface area contributed by atoms with Crippen LogP contribution in [0.3, 0.4) is 0 Å². The first-order valence-corrected chi connectivity index (χ1v) is 9.88. The summed E-state index contributed by atoms with van der Waals surface area (Å²) in [6.45, 7) is 2.87. The molecule has 0 aromatic heterocycles. The van der Waals surface area contributed by atoms with Gasteiger partial charge in [-0.15, -0.1) is 0 Å². The monoisotopic (exact) mass is 383 g/mol. The number of aryl methyl sites for hydroxylation is 1. The molecule has 1 aliphatic rings. The summed E-state index contributed by atoms with van der Waals surface area (Å²) < 4.78 is 0. The van der Waals surface area contributed by atoms with Crippen LogP contribution in [0.1, 0.15) is 29.3 Å². The second-order valence-corrected chi connectivity index (χ2v) is 7.27. The van der Waals surface area contributed by atoms with Gasteiger partial charge in [-0.3, -0.25) is 19.9 Å². The summed E-state index contributed by atoms with van der Waals surface area (Å²) in [6.07, 6.45) is 1.91. The second-order valence-electron chi connectivity index (χ2n) is 6.20. The van der Waals surface area contributed by atoms with Crippen LogP contribution in [0, 0.1) is 10.1 Å². The highest BCUT2D eigenvalue weighted by molar-refractivity contribution is 8.14. The fourth-order valence-electron chi connectivity index (χ4n) is 2.82. The van der Waals surface area contributed by atoms with Gasteiger partial charge in [-0.1, -0.05) is 49.0 Å². The highest BCUT2D eigenvalue weighted by atomic mass is 32.2. The third-order valence-corrected chi connectivity index (χ3v) is 5.45. The third kappa shape index (κ3) is 4.74. The summed E-state index contributed by atoms with van der Waals surface area (Å²) in [5, 5.41) is 11.9. The van der Waals surface area contributed by atoms with Crippen LogP contribution < -0.4 is 4.90 Å². The minimum absolute atomic E-state index is 0.00124. The quantitative estimate of drug-likeness (QED) is 0.421. The summed E-state index contributed by atoms with van der Waals surface area (Å²) >= 11 is 1.58. The largest absolute Gasteiger partial charge is 0.313 e. The van der Waals surface area contributed by atoms with Gasteiger partial charge >= 0.3 is 0 Å². The Hall–Kier alpha value is -2.67. The number of hydrogen-bond acceptors (Lipinski definition) is 6. The van der Waals surface area contributed by atoms with Gasteiger partial charge in [0.2, 0.25) is 0 Å². The Morgan fingerprint density at radius 2 is 2.04 bits per heavy atom. The molecule has 0 spiro atoms. The number of amidine groups is 1. The number of thioether (sulfide) groups is 1. The smallest absolute Gasteiger partial charge is 0.271 e. The first-order chi connectivity index (χ1) is 13.1. The Kier molecular flexibility index (Phi) is 6.24. The Morgan fingerprint density at radius 3 is 2.67 bits per heavy atom. The van der Waals surface area contributed by atoms with Gasteiger partial charge in [0.15, 0.2) is 11.0 Å². The number of anilines is 1. The van der Waals surface area contributed by atoms with E-state index in [9.17, 15) is 14.9 Å². The van der Waals surface area contributed by atoms with Crippen molar-refractivity contribution in [1.82, 2.24) is 0 Å². The van der Waals surface area contributed by atoms with Crippen LogP contribution in [0.15, 0.2) is 53.5 Å². The molecule has 0 N–H and O–H groups in total. The molecule has 1 heterocycles. The molecule has 0 unspecified atom stereocenters. The summed E-state index contributed by atoms with van der Waals surface area (Å²) in [4.78, 5) is 29.9. The average Bonchev–Trinajstić information content (AvgIpc) is 2.72. The van der Waals surface area contributed by atoms with Crippen molar-refractivity contribution >= 4 is 34.1 Å². The Labute approximate surface area is 162 Å². The van der Waals surface area contributed by atoms with E-state index in [1.54, 1.807) is 28.8 Å². The molecule has 7 heteroatoms. The number of benzene rings is 2. The fraction of sp³-hybridized carbons (Fsp3) is 0.300. The van der Waals surface area contributed by atoms with E-state index in [2.05, 4.69) is 11.9 Å². The summed E-state index contributed by atoms with van der Waals surface area (Å²) in [5.41, 5.74) is 2.41. The van der Waals surface area contributed by atoms with Gasteiger partial charge in [0.05, 0.1) is 17.2 Å². The van der Waals surface area contributed by atoms with E-state index in [1.807, 2.05) is 24.3 Å². The van der Waals surface area contributed by atoms with Crippen molar-refractivity contribution in [3.8, 4) is 0 Å². The van der Waals surface area contributed by atoms with E-state index in [0.29, 0.717) is 17.8 Å². The van der Waals surface area contributed by atoms with Gasteiger partial charge in [0.1, 0.15) is 0 Å². The lowest BCUT2D eigenvalue weighted by Gasteiger charge is -2.27. The lowest BCUT2D eigenvalue weighted by atomic mass is 10.1. The molecule has 140 valence electrons. The first-order valence-electron chi connectivity index (χ1n) is 8.90. The molecule has 0 atom stereocenters. The molecule has 0 aliphatic carbocycles.